The van der Waals surface area contributed by atoms with Crippen LogP contribution in [-0.2, 0) is 4.79 Å². The first-order chi connectivity index (χ1) is 11.9. The maximum Gasteiger partial charge on any atom is 0.229 e. The van der Waals surface area contributed by atoms with Gasteiger partial charge in [-0.25, -0.2) is 23.9 Å². The number of pyridine rings is 2. The molecule has 0 bridgehead atoms. The summed E-state index contributed by atoms with van der Waals surface area (Å²) >= 11 is 0. The highest BCUT2D eigenvalue weighted by Gasteiger charge is 2.21. The number of imidazole rings is 1. The Morgan fingerprint density at radius 2 is 1.92 bits per heavy atom. The van der Waals surface area contributed by atoms with Gasteiger partial charge in [-0.2, -0.15) is 0 Å². The van der Waals surface area contributed by atoms with Gasteiger partial charge in [0, 0.05) is 11.6 Å². The summed E-state index contributed by atoms with van der Waals surface area (Å²) in [5.74, 6) is 0.215. The molecule has 0 fully saturated rings. The number of aromatic nitrogens is 4. The van der Waals surface area contributed by atoms with Crippen LogP contribution in [0.4, 0.5) is 10.3 Å². The number of rotatable bonds is 4. The van der Waals surface area contributed by atoms with Crippen LogP contribution in [-0.4, -0.2) is 25.4 Å². The number of amides is 1. The molecule has 0 radical (unpaired) electrons. The lowest BCUT2D eigenvalue weighted by Gasteiger charge is -2.15. The molecule has 0 unspecified atom stereocenters. The van der Waals surface area contributed by atoms with Crippen LogP contribution in [0.5, 0.6) is 0 Å². The van der Waals surface area contributed by atoms with Crippen LogP contribution in [0.2, 0.25) is 0 Å². The first-order valence-electron chi connectivity index (χ1n) is 8.15. The number of anilines is 1. The molecule has 6 nitrogen and oxygen atoms in total. The van der Waals surface area contributed by atoms with Gasteiger partial charge in [0.25, 0.3) is 0 Å². The van der Waals surface area contributed by atoms with Crippen molar-refractivity contribution in [1.82, 2.24) is 19.5 Å². The number of carbonyl (C=O) groups is 1. The van der Waals surface area contributed by atoms with E-state index in [1.54, 1.807) is 4.57 Å². The molecule has 7 heteroatoms. The Morgan fingerprint density at radius 3 is 2.56 bits per heavy atom. The van der Waals surface area contributed by atoms with Gasteiger partial charge in [-0.05, 0) is 37.1 Å². The molecule has 1 N–H and O–H groups in total. The van der Waals surface area contributed by atoms with Crippen molar-refractivity contribution < 1.29 is 9.18 Å². The molecular formula is C18H20FN5O. The van der Waals surface area contributed by atoms with Gasteiger partial charge in [0.1, 0.15) is 17.2 Å². The standard InChI is InChI=1S/C18H20FN5O/c1-10(2)12(4)17(25)23-18-22-14-7-5-11(3)21-16(14)24(18)15-8-6-13(19)9-20-15/h5-10,12H,1-4H3,(H,22,23,25)/t12-/m0/s1. The van der Waals surface area contributed by atoms with Gasteiger partial charge >= 0.3 is 0 Å². The van der Waals surface area contributed by atoms with Crippen molar-refractivity contribution >= 4 is 23.0 Å². The average molecular weight is 341 g/mol. The highest BCUT2D eigenvalue weighted by Crippen LogP contribution is 2.24. The fourth-order valence-corrected chi connectivity index (χ4v) is 2.38. The van der Waals surface area contributed by atoms with Gasteiger partial charge in [0.05, 0.1) is 6.20 Å². The summed E-state index contributed by atoms with van der Waals surface area (Å²) in [5.41, 5.74) is 2.00. The predicted octanol–water partition coefficient (Wildman–Crippen LogP) is 3.49. The Labute approximate surface area is 145 Å². The van der Waals surface area contributed by atoms with Crippen LogP contribution in [0.25, 0.3) is 17.0 Å². The smallest absolute Gasteiger partial charge is 0.229 e. The van der Waals surface area contributed by atoms with E-state index in [0.717, 1.165) is 11.9 Å². The number of aryl methyl sites for hydroxylation is 1. The minimum absolute atomic E-state index is 0.134. The molecule has 25 heavy (non-hydrogen) atoms. The van der Waals surface area contributed by atoms with Crippen molar-refractivity contribution in [2.75, 3.05) is 5.32 Å². The number of carbonyl (C=O) groups excluding carboxylic acids is 1. The molecule has 0 aliphatic rings. The van der Waals surface area contributed by atoms with Crippen LogP contribution in [0, 0.1) is 24.6 Å². The number of hydrogen-bond donors (Lipinski definition) is 1. The molecule has 0 saturated carbocycles. The van der Waals surface area contributed by atoms with Gasteiger partial charge in [-0.3, -0.25) is 10.1 Å². The first-order valence-corrected chi connectivity index (χ1v) is 8.15. The first kappa shape index (κ1) is 17.0. The Morgan fingerprint density at radius 1 is 1.16 bits per heavy atom. The van der Waals surface area contributed by atoms with E-state index in [4.69, 9.17) is 0 Å². The predicted molar refractivity (Wildman–Crippen MR) is 94.0 cm³/mol. The molecule has 0 aliphatic carbocycles. The molecule has 0 aliphatic heterocycles. The zero-order chi connectivity index (χ0) is 18.1. The molecular weight excluding hydrogens is 321 g/mol. The van der Waals surface area contributed by atoms with Crippen molar-refractivity contribution in [3.05, 3.63) is 42.0 Å². The van der Waals surface area contributed by atoms with Gasteiger partial charge in [0.2, 0.25) is 11.9 Å². The minimum atomic E-state index is -0.434. The zero-order valence-electron chi connectivity index (χ0n) is 14.6. The topological polar surface area (TPSA) is 72.7 Å². The van der Waals surface area contributed by atoms with Gasteiger partial charge in [-0.1, -0.05) is 20.8 Å². The number of nitrogens with one attached hydrogen (secondary N) is 1. The molecule has 3 heterocycles. The summed E-state index contributed by atoms with van der Waals surface area (Å²) in [6, 6.07) is 6.52. The summed E-state index contributed by atoms with van der Waals surface area (Å²) in [4.78, 5) is 25.5. The van der Waals surface area contributed by atoms with Crippen LogP contribution in [0.15, 0.2) is 30.5 Å². The second-order valence-electron chi connectivity index (χ2n) is 6.42. The Kier molecular flexibility index (Phi) is 4.48. The maximum absolute atomic E-state index is 13.2. The lowest BCUT2D eigenvalue weighted by molar-refractivity contribution is -0.120. The van der Waals surface area contributed by atoms with Crippen LogP contribution in [0.3, 0.4) is 0 Å². The third-order valence-electron chi connectivity index (χ3n) is 4.23. The van der Waals surface area contributed by atoms with Crippen LogP contribution < -0.4 is 5.32 Å². The molecule has 0 saturated heterocycles. The van der Waals surface area contributed by atoms with E-state index in [9.17, 15) is 9.18 Å². The fourth-order valence-electron chi connectivity index (χ4n) is 2.38. The Hall–Kier alpha value is -2.83. The normalized spacial score (nSPS) is 12.6. The summed E-state index contributed by atoms with van der Waals surface area (Å²) in [7, 11) is 0. The van der Waals surface area contributed by atoms with E-state index >= 15 is 0 Å². The van der Waals surface area contributed by atoms with E-state index in [-0.39, 0.29) is 17.7 Å². The number of nitrogens with zero attached hydrogens (tertiary/aromatic N) is 4. The zero-order valence-corrected chi connectivity index (χ0v) is 14.6. The highest BCUT2D eigenvalue weighted by atomic mass is 19.1. The van der Waals surface area contributed by atoms with E-state index in [0.29, 0.717) is 22.9 Å². The lowest BCUT2D eigenvalue weighted by Crippen LogP contribution is -2.26. The van der Waals surface area contributed by atoms with Crippen molar-refractivity contribution in [3.63, 3.8) is 0 Å². The second-order valence-corrected chi connectivity index (χ2v) is 6.42. The molecule has 3 aromatic heterocycles. The SMILES string of the molecule is Cc1ccc2nc(NC(=O)[C@@H](C)C(C)C)n(-c3ccc(F)cn3)c2n1. The summed E-state index contributed by atoms with van der Waals surface area (Å²) < 4.78 is 14.9. The fraction of sp³-hybridized carbons (Fsp3) is 0.333. The van der Waals surface area contributed by atoms with E-state index < -0.39 is 5.82 Å². The number of fused-ring (bicyclic) bond motifs is 1. The third-order valence-corrected chi connectivity index (χ3v) is 4.23. The summed E-state index contributed by atoms with van der Waals surface area (Å²) in [6.45, 7) is 7.71. The molecule has 0 aromatic carbocycles. The average Bonchev–Trinajstić information content (AvgIpc) is 2.91. The molecule has 3 aromatic rings. The maximum atomic E-state index is 13.2. The van der Waals surface area contributed by atoms with E-state index in [2.05, 4.69) is 20.3 Å². The van der Waals surface area contributed by atoms with Gasteiger partial charge in [0.15, 0.2) is 5.65 Å². The quantitative estimate of drug-likeness (QED) is 0.788. The molecule has 1 amide bonds. The van der Waals surface area contributed by atoms with Gasteiger partial charge < -0.3 is 0 Å². The molecule has 0 spiro atoms. The van der Waals surface area contributed by atoms with Crippen LogP contribution >= 0.6 is 0 Å². The Balaban J connectivity index is 2.12. The summed E-state index contributed by atoms with van der Waals surface area (Å²) in [6.07, 6.45) is 1.12. The van der Waals surface area contributed by atoms with Crippen molar-refractivity contribution in [2.45, 2.75) is 27.7 Å². The second kappa shape index (κ2) is 6.58. The van der Waals surface area contributed by atoms with E-state index in [1.807, 2.05) is 39.8 Å². The Bertz CT molecular complexity index is 917. The molecule has 130 valence electrons. The van der Waals surface area contributed by atoms with Crippen LogP contribution in [0.1, 0.15) is 26.5 Å². The van der Waals surface area contributed by atoms with Crippen molar-refractivity contribution in [3.8, 4) is 5.82 Å². The lowest BCUT2D eigenvalue weighted by atomic mass is 9.97. The number of halogens is 1. The van der Waals surface area contributed by atoms with Crippen molar-refractivity contribution in [1.29, 1.82) is 0 Å². The highest BCUT2D eigenvalue weighted by molar-refractivity contribution is 5.93. The third kappa shape index (κ3) is 3.35. The molecule has 3 rings (SSSR count). The molecule has 1 atom stereocenters. The van der Waals surface area contributed by atoms with E-state index in [1.165, 1.54) is 12.1 Å². The summed E-state index contributed by atoms with van der Waals surface area (Å²) in [5, 5.41) is 2.85. The van der Waals surface area contributed by atoms with Gasteiger partial charge in [-0.15, -0.1) is 0 Å². The largest absolute Gasteiger partial charge is 0.295 e. The number of hydrogen-bond acceptors (Lipinski definition) is 4. The monoisotopic (exact) mass is 341 g/mol. The minimum Gasteiger partial charge on any atom is -0.295 e. The van der Waals surface area contributed by atoms with Crippen molar-refractivity contribution in [2.24, 2.45) is 11.8 Å².